The molecule has 1 amide bonds. The Balaban J connectivity index is 3.42. The minimum absolute atomic E-state index is 0.0103. The highest BCUT2D eigenvalue weighted by Crippen LogP contribution is 2.16. The molecule has 0 aliphatic rings. The van der Waals surface area contributed by atoms with E-state index in [1.54, 1.807) is 0 Å². The van der Waals surface area contributed by atoms with E-state index in [4.69, 9.17) is 4.74 Å². The lowest BCUT2D eigenvalue weighted by Gasteiger charge is -2.22. The third-order valence-corrected chi connectivity index (χ3v) is 11.6. The Morgan fingerprint density at radius 1 is 0.482 bits per heavy atom. The van der Waals surface area contributed by atoms with Crippen LogP contribution in [0.25, 0.3) is 0 Å². The molecule has 0 spiro atoms. The van der Waals surface area contributed by atoms with E-state index in [0.29, 0.717) is 25.9 Å². The van der Waals surface area contributed by atoms with Crippen LogP contribution < -0.4 is 5.32 Å². The molecule has 0 aromatic carbocycles. The first-order chi connectivity index (χ1) is 27.5. The van der Waals surface area contributed by atoms with Crippen LogP contribution in [-0.4, -0.2) is 47.4 Å². The maximum Gasteiger partial charge on any atom is 0.305 e. The summed E-state index contributed by atoms with van der Waals surface area (Å²) in [7, 11) is 0. The van der Waals surface area contributed by atoms with E-state index in [0.717, 1.165) is 51.4 Å². The van der Waals surface area contributed by atoms with Crippen molar-refractivity contribution in [2.45, 2.75) is 283 Å². The van der Waals surface area contributed by atoms with Gasteiger partial charge in [-0.25, -0.2) is 0 Å². The van der Waals surface area contributed by atoms with Crippen LogP contribution in [0.4, 0.5) is 0 Å². The molecule has 56 heavy (non-hydrogen) atoms. The Kier molecular flexibility index (Phi) is 45.1. The SMILES string of the molecule is CCCCCCCC/C=C\CCCCCCCC(=O)OCCCCCCCCCCCCCCCCC(=O)NC(CO)C(O)CCCCCCCCCCCC. The number of aliphatic hydroxyl groups is 2. The number of hydrogen-bond donors (Lipinski definition) is 3. The minimum atomic E-state index is -0.668. The number of carbonyl (C=O) groups is 2. The second-order valence-electron chi connectivity index (χ2n) is 17.1. The first-order valence-electron chi connectivity index (χ1n) is 24.9. The van der Waals surface area contributed by atoms with E-state index >= 15 is 0 Å². The zero-order valence-corrected chi connectivity index (χ0v) is 37.6. The number of unbranched alkanes of at least 4 members (excludes halogenated alkanes) is 33. The van der Waals surface area contributed by atoms with Gasteiger partial charge in [0.1, 0.15) is 0 Å². The number of nitrogens with one attached hydrogen (secondary N) is 1. The number of aliphatic hydroxyl groups excluding tert-OH is 2. The number of ether oxygens (including phenoxy) is 1. The van der Waals surface area contributed by atoms with Gasteiger partial charge in [-0.1, -0.05) is 219 Å². The van der Waals surface area contributed by atoms with Gasteiger partial charge in [-0.15, -0.1) is 0 Å². The van der Waals surface area contributed by atoms with E-state index in [1.807, 2.05) is 0 Å². The highest BCUT2D eigenvalue weighted by Gasteiger charge is 2.20. The summed E-state index contributed by atoms with van der Waals surface area (Å²) in [5.41, 5.74) is 0. The monoisotopic (exact) mass is 792 g/mol. The number of hydrogen-bond acceptors (Lipinski definition) is 5. The van der Waals surface area contributed by atoms with Crippen molar-refractivity contribution >= 4 is 11.9 Å². The van der Waals surface area contributed by atoms with Crippen molar-refractivity contribution in [1.29, 1.82) is 0 Å². The molecular weight excluding hydrogens is 695 g/mol. The zero-order chi connectivity index (χ0) is 40.8. The summed E-state index contributed by atoms with van der Waals surface area (Å²) in [6.07, 6.45) is 51.8. The maximum atomic E-state index is 12.4. The summed E-state index contributed by atoms with van der Waals surface area (Å²) in [6.45, 7) is 4.91. The normalized spacial score (nSPS) is 12.7. The molecule has 0 aromatic rings. The van der Waals surface area contributed by atoms with Gasteiger partial charge in [0.25, 0.3) is 0 Å². The van der Waals surface area contributed by atoms with E-state index in [9.17, 15) is 19.8 Å². The van der Waals surface area contributed by atoms with E-state index in [2.05, 4.69) is 31.3 Å². The topological polar surface area (TPSA) is 95.9 Å². The molecule has 0 aliphatic carbocycles. The molecule has 0 aromatic heterocycles. The van der Waals surface area contributed by atoms with Gasteiger partial charge in [-0.05, 0) is 51.4 Å². The molecule has 2 unspecified atom stereocenters. The lowest BCUT2D eigenvalue weighted by atomic mass is 10.0. The van der Waals surface area contributed by atoms with Gasteiger partial charge >= 0.3 is 5.97 Å². The smallest absolute Gasteiger partial charge is 0.305 e. The van der Waals surface area contributed by atoms with Crippen LogP contribution in [0.2, 0.25) is 0 Å². The van der Waals surface area contributed by atoms with Crippen molar-refractivity contribution in [1.82, 2.24) is 5.32 Å². The molecule has 0 aliphatic heterocycles. The molecule has 3 N–H and O–H groups in total. The number of carbonyl (C=O) groups excluding carboxylic acids is 2. The van der Waals surface area contributed by atoms with Crippen molar-refractivity contribution in [3.8, 4) is 0 Å². The summed E-state index contributed by atoms with van der Waals surface area (Å²) in [6, 6.07) is -0.547. The summed E-state index contributed by atoms with van der Waals surface area (Å²) < 4.78 is 5.46. The van der Waals surface area contributed by atoms with Crippen molar-refractivity contribution in [3.63, 3.8) is 0 Å². The molecule has 0 saturated heterocycles. The molecule has 6 heteroatoms. The van der Waals surface area contributed by atoms with Crippen LogP contribution in [0.3, 0.4) is 0 Å². The van der Waals surface area contributed by atoms with E-state index in [-0.39, 0.29) is 18.5 Å². The molecule has 0 fully saturated rings. The number of rotatable bonds is 46. The molecule has 6 nitrogen and oxygen atoms in total. The van der Waals surface area contributed by atoms with Crippen LogP contribution in [0.15, 0.2) is 12.2 Å². The molecule has 0 bridgehead atoms. The van der Waals surface area contributed by atoms with Crippen LogP contribution in [-0.2, 0) is 14.3 Å². The van der Waals surface area contributed by atoms with Gasteiger partial charge < -0.3 is 20.3 Å². The second-order valence-corrected chi connectivity index (χ2v) is 17.1. The molecule has 0 rings (SSSR count). The van der Waals surface area contributed by atoms with Crippen molar-refractivity contribution in [2.24, 2.45) is 0 Å². The van der Waals surface area contributed by atoms with Crippen molar-refractivity contribution in [2.75, 3.05) is 13.2 Å². The summed E-state index contributed by atoms with van der Waals surface area (Å²) in [4.78, 5) is 24.4. The van der Waals surface area contributed by atoms with Gasteiger partial charge in [-0.3, -0.25) is 9.59 Å². The lowest BCUT2D eigenvalue weighted by molar-refractivity contribution is -0.143. The summed E-state index contributed by atoms with van der Waals surface area (Å²) in [5, 5.41) is 23.1. The van der Waals surface area contributed by atoms with Crippen LogP contribution >= 0.6 is 0 Å². The average molecular weight is 792 g/mol. The van der Waals surface area contributed by atoms with E-state index < -0.39 is 12.1 Å². The fourth-order valence-corrected chi connectivity index (χ4v) is 7.69. The molecule has 332 valence electrons. The van der Waals surface area contributed by atoms with Gasteiger partial charge in [0.2, 0.25) is 5.91 Å². The Bertz CT molecular complexity index is 832. The maximum absolute atomic E-state index is 12.4. The Morgan fingerprint density at radius 2 is 0.839 bits per heavy atom. The van der Waals surface area contributed by atoms with Crippen LogP contribution in [0.1, 0.15) is 271 Å². The minimum Gasteiger partial charge on any atom is -0.466 e. The predicted octanol–water partition coefficient (Wildman–Crippen LogP) is 14.6. The number of allylic oxidation sites excluding steroid dienone is 2. The Hall–Kier alpha value is -1.40. The fourth-order valence-electron chi connectivity index (χ4n) is 7.69. The van der Waals surface area contributed by atoms with Crippen molar-refractivity contribution in [3.05, 3.63) is 12.2 Å². The zero-order valence-electron chi connectivity index (χ0n) is 37.6. The highest BCUT2D eigenvalue weighted by atomic mass is 16.5. The Labute approximate surface area is 349 Å². The summed E-state index contributed by atoms with van der Waals surface area (Å²) in [5.74, 6) is -0.0576. The lowest BCUT2D eigenvalue weighted by Crippen LogP contribution is -2.45. The quantitative estimate of drug-likeness (QED) is 0.0324. The predicted molar refractivity (Wildman–Crippen MR) is 241 cm³/mol. The molecular formula is C50H97NO5. The van der Waals surface area contributed by atoms with Gasteiger partial charge in [0.15, 0.2) is 0 Å². The largest absolute Gasteiger partial charge is 0.466 e. The molecule has 0 radical (unpaired) electrons. The third-order valence-electron chi connectivity index (χ3n) is 11.6. The van der Waals surface area contributed by atoms with Crippen molar-refractivity contribution < 1.29 is 24.5 Å². The molecule has 0 saturated carbocycles. The first kappa shape index (κ1) is 54.6. The fraction of sp³-hybridized carbons (Fsp3) is 0.920. The number of amides is 1. The second kappa shape index (κ2) is 46.3. The highest BCUT2D eigenvalue weighted by molar-refractivity contribution is 5.76. The van der Waals surface area contributed by atoms with Gasteiger partial charge in [0.05, 0.1) is 25.4 Å². The molecule has 2 atom stereocenters. The Morgan fingerprint density at radius 3 is 1.27 bits per heavy atom. The standard InChI is InChI=1S/C50H97NO5/c1-3-5-7-9-11-13-15-16-17-21-24-28-32-36-40-44-50(55)56-45-41-37-33-29-25-22-19-18-20-23-27-31-35-39-43-49(54)51-47(46-52)48(53)42-38-34-30-26-14-12-10-8-6-4-2/h16-17,47-48,52-53H,3-15,18-46H2,1-2H3,(H,51,54)/b17-16-. The van der Waals surface area contributed by atoms with E-state index in [1.165, 1.54) is 186 Å². The third kappa shape index (κ3) is 42.2. The van der Waals surface area contributed by atoms with Gasteiger partial charge in [0, 0.05) is 12.8 Å². The van der Waals surface area contributed by atoms with Crippen LogP contribution in [0, 0.1) is 0 Å². The van der Waals surface area contributed by atoms with Gasteiger partial charge in [-0.2, -0.15) is 0 Å². The summed E-state index contributed by atoms with van der Waals surface area (Å²) >= 11 is 0. The number of esters is 1. The average Bonchev–Trinajstić information content (AvgIpc) is 3.20. The van der Waals surface area contributed by atoms with Crippen LogP contribution in [0.5, 0.6) is 0 Å². The molecule has 0 heterocycles. The first-order valence-corrected chi connectivity index (χ1v) is 24.9.